The molecule has 68 valence electrons. The quantitative estimate of drug-likeness (QED) is 0.689. The second kappa shape index (κ2) is 4.31. The maximum Gasteiger partial charge on any atom is 0.132 e. The van der Waals surface area contributed by atoms with Crippen LogP contribution < -0.4 is 0 Å². The van der Waals surface area contributed by atoms with E-state index in [1.165, 1.54) is 0 Å². The molecule has 0 saturated carbocycles. The van der Waals surface area contributed by atoms with Crippen molar-refractivity contribution in [1.29, 1.82) is 0 Å². The normalized spacial score (nSPS) is 13.2. The van der Waals surface area contributed by atoms with Crippen LogP contribution in [0.5, 0.6) is 0 Å². The Morgan fingerprint density at radius 2 is 2.25 bits per heavy atom. The predicted molar refractivity (Wildman–Crippen MR) is 48.1 cm³/mol. The lowest BCUT2D eigenvalue weighted by Gasteiger charge is -2.08. The van der Waals surface area contributed by atoms with E-state index in [2.05, 4.69) is 6.92 Å². The molecule has 0 fully saturated rings. The Morgan fingerprint density at radius 3 is 2.75 bits per heavy atom. The van der Waals surface area contributed by atoms with Gasteiger partial charge in [0.25, 0.3) is 0 Å². The summed E-state index contributed by atoms with van der Waals surface area (Å²) < 4.78 is 10.9. The number of hydrogen-bond acceptors (Lipinski definition) is 2. The first kappa shape index (κ1) is 9.33. The molecule has 0 N–H and O–H groups in total. The van der Waals surface area contributed by atoms with Gasteiger partial charge in [-0.2, -0.15) is 0 Å². The third-order valence-corrected chi connectivity index (χ3v) is 1.73. The van der Waals surface area contributed by atoms with E-state index in [0.29, 0.717) is 0 Å². The molecule has 1 aromatic heterocycles. The van der Waals surface area contributed by atoms with Gasteiger partial charge in [0.15, 0.2) is 0 Å². The van der Waals surface area contributed by atoms with Crippen molar-refractivity contribution in [1.82, 2.24) is 0 Å². The van der Waals surface area contributed by atoms with Crippen molar-refractivity contribution >= 4 is 0 Å². The average molecular weight is 168 g/mol. The molecule has 1 rings (SSSR count). The van der Waals surface area contributed by atoms with Gasteiger partial charge in [0, 0.05) is 6.61 Å². The van der Waals surface area contributed by atoms with Crippen LogP contribution in [0, 0.1) is 6.92 Å². The van der Waals surface area contributed by atoms with E-state index in [1.54, 1.807) is 0 Å². The van der Waals surface area contributed by atoms with Crippen LogP contribution in [0.3, 0.4) is 0 Å². The molecule has 0 bridgehead atoms. The molecule has 0 saturated heterocycles. The van der Waals surface area contributed by atoms with Crippen LogP contribution in [0.15, 0.2) is 16.5 Å². The van der Waals surface area contributed by atoms with Crippen LogP contribution >= 0.6 is 0 Å². The molecule has 0 aliphatic rings. The molecule has 1 unspecified atom stereocenters. The Hall–Kier alpha value is -0.760. The maximum absolute atomic E-state index is 5.50. The third kappa shape index (κ3) is 2.38. The highest BCUT2D eigenvalue weighted by Gasteiger charge is 2.08. The molecule has 1 atom stereocenters. The summed E-state index contributed by atoms with van der Waals surface area (Å²) in [5.74, 6) is 1.86. The van der Waals surface area contributed by atoms with E-state index in [4.69, 9.17) is 9.15 Å². The molecule has 0 aliphatic heterocycles. The van der Waals surface area contributed by atoms with Crippen LogP contribution in [-0.4, -0.2) is 6.61 Å². The Kier molecular flexibility index (Phi) is 3.35. The van der Waals surface area contributed by atoms with Gasteiger partial charge in [-0.3, -0.25) is 0 Å². The Morgan fingerprint density at radius 1 is 1.50 bits per heavy atom. The topological polar surface area (TPSA) is 22.4 Å². The van der Waals surface area contributed by atoms with Gasteiger partial charge in [-0.15, -0.1) is 0 Å². The van der Waals surface area contributed by atoms with Gasteiger partial charge in [-0.05, 0) is 32.4 Å². The van der Waals surface area contributed by atoms with Crippen LogP contribution in [0.1, 0.15) is 37.9 Å². The van der Waals surface area contributed by atoms with Gasteiger partial charge in [0.1, 0.15) is 17.6 Å². The van der Waals surface area contributed by atoms with Crippen molar-refractivity contribution in [2.24, 2.45) is 0 Å². The summed E-state index contributed by atoms with van der Waals surface area (Å²) >= 11 is 0. The molecule has 2 nitrogen and oxygen atoms in total. The minimum atomic E-state index is 0.0821. The fraction of sp³-hybridized carbons (Fsp3) is 0.600. The van der Waals surface area contributed by atoms with Crippen molar-refractivity contribution in [3.63, 3.8) is 0 Å². The zero-order chi connectivity index (χ0) is 8.97. The van der Waals surface area contributed by atoms with Crippen LogP contribution in [0.25, 0.3) is 0 Å². The standard InChI is InChI=1S/C10H16O2/c1-4-7-11-9(3)10-6-5-8(2)12-10/h5-6,9H,4,7H2,1-3H3. The molecule has 0 aromatic carbocycles. The molecule has 1 aromatic rings. The van der Waals surface area contributed by atoms with Gasteiger partial charge in [-0.25, -0.2) is 0 Å². The van der Waals surface area contributed by atoms with E-state index < -0.39 is 0 Å². The van der Waals surface area contributed by atoms with Crippen molar-refractivity contribution in [2.45, 2.75) is 33.3 Å². The Labute approximate surface area is 73.5 Å². The molecule has 0 radical (unpaired) electrons. The SMILES string of the molecule is CCCOC(C)c1ccc(C)o1. The Balaban J connectivity index is 2.47. The minimum absolute atomic E-state index is 0.0821. The first-order valence-corrected chi connectivity index (χ1v) is 4.42. The summed E-state index contributed by atoms with van der Waals surface area (Å²) in [5, 5.41) is 0. The van der Waals surface area contributed by atoms with E-state index in [9.17, 15) is 0 Å². The number of hydrogen-bond donors (Lipinski definition) is 0. The molecule has 1 heterocycles. The molecule has 0 spiro atoms. The second-order valence-electron chi connectivity index (χ2n) is 2.96. The first-order chi connectivity index (χ1) is 5.74. The van der Waals surface area contributed by atoms with Crippen LogP contribution in [-0.2, 0) is 4.74 Å². The van der Waals surface area contributed by atoms with Crippen LogP contribution in [0.4, 0.5) is 0 Å². The zero-order valence-corrected chi connectivity index (χ0v) is 7.96. The number of furan rings is 1. The number of rotatable bonds is 4. The lowest BCUT2D eigenvalue weighted by molar-refractivity contribution is 0.0506. The molecular formula is C10H16O2. The van der Waals surface area contributed by atoms with E-state index in [0.717, 1.165) is 24.5 Å². The number of ether oxygens (including phenoxy) is 1. The highest BCUT2D eigenvalue weighted by Crippen LogP contribution is 2.18. The molecule has 2 heteroatoms. The smallest absolute Gasteiger partial charge is 0.132 e. The van der Waals surface area contributed by atoms with Gasteiger partial charge >= 0.3 is 0 Å². The van der Waals surface area contributed by atoms with E-state index >= 15 is 0 Å². The summed E-state index contributed by atoms with van der Waals surface area (Å²) in [7, 11) is 0. The first-order valence-electron chi connectivity index (χ1n) is 4.42. The molecule has 0 aliphatic carbocycles. The number of aryl methyl sites for hydroxylation is 1. The Bertz CT molecular complexity index is 227. The monoisotopic (exact) mass is 168 g/mol. The van der Waals surface area contributed by atoms with Crippen molar-refractivity contribution in [3.05, 3.63) is 23.7 Å². The summed E-state index contributed by atoms with van der Waals surface area (Å²) in [4.78, 5) is 0. The van der Waals surface area contributed by atoms with Crippen molar-refractivity contribution in [3.8, 4) is 0 Å². The maximum atomic E-state index is 5.50. The van der Waals surface area contributed by atoms with Gasteiger partial charge in [0.2, 0.25) is 0 Å². The molecule has 0 amide bonds. The largest absolute Gasteiger partial charge is 0.464 e. The highest BCUT2D eigenvalue weighted by atomic mass is 16.5. The highest BCUT2D eigenvalue weighted by molar-refractivity contribution is 5.07. The lowest BCUT2D eigenvalue weighted by Crippen LogP contribution is -1.99. The van der Waals surface area contributed by atoms with Gasteiger partial charge < -0.3 is 9.15 Å². The van der Waals surface area contributed by atoms with Crippen LogP contribution in [0.2, 0.25) is 0 Å². The van der Waals surface area contributed by atoms with Gasteiger partial charge in [-0.1, -0.05) is 6.92 Å². The van der Waals surface area contributed by atoms with Crippen molar-refractivity contribution in [2.75, 3.05) is 6.61 Å². The summed E-state index contributed by atoms with van der Waals surface area (Å²) in [6.07, 6.45) is 1.13. The fourth-order valence-electron chi connectivity index (χ4n) is 1.05. The van der Waals surface area contributed by atoms with E-state index in [1.807, 2.05) is 26.0 Å². The summed E-state index contributed by atoms with van der Waals surface area (Å²) in [6.45, 7) is 6.84. The third-order valence-electron chi connectivity index (χ3n) is 1.73. The predicted octanol–water partition coefficient (Wildman–Crippen LogP) is 3.08. The molecule has 12 heavy (non-hydrogen) atoms. The van der Waals surface area contributed by atoms with Crippen molar-refractivity contribution < 1.29 is 9.15 Å². The summed E-state index contributed by atoms with van der Waals surface area (Å²) in [6, 6.07) is 3.93. The van der Waals surface area contributed by atoms with Gasteiger partial charge in [0.05, 0.1) is 0 Å². The summed E-state index contributed by atoms with van der Waals surface area (Å²) in [5.41, 5.74) is 0. The second-order valence-corrected chi connectivity index (χ2v) is 2.96. The fourth-order valence-corrected chi connectivity index (χ4v) is 1.05. The zero-order valence-electron chi connectivity index (χ0n) is 7.96. The minimum Gasteiger partial charge on any atom is -0.464 e. The lowest BCUT2D eigenvalue weighted by atomic mass is 10.3. The average Bonchev–Trinajstić information content (AvgIpc) is 2.47. The van der Waals surface area contributed by atoms with E-state index in [-0.39, 0.29) is 6.10 Å². The molecular weight excluding hydrogens is 152 g/mol.